The molecule has 2 amide bonds. The topological polar surface area (TPSA) is 93.2 Å². The molecule has 1 fully saturated rings. The molecule has 9 heteroatoms. The van der Waals surface area contributed by atoms with E-state index in [1.807, 2.05) is 25.1 Å². The molecule has 0 spiro atoms. The van der Waals surface area contributed by atoms with Gasteiger partial charge in [-0.15, -0.1) is 10.2 Å². The maximum atomic E-state index is 12.3. The smallest absolute Gasteiger partial charge is 0.234 e. The van der Waals surface area contributed by atoms with Gasteiger partial charge in [0.15, 0.2) is 4.34 Å². The Balaban J connectivity index is 1.47. The lowest BCUT2D eigenvalue weighted by molar-refractivity contribution is -0.120. The fourth-order valence-electron chi connectivity index (χ4n) is 3.06. The summed E-state index contributed by atoms with van der Waals surface area (Å²) in [4.78, 5) is 24.5. The first-order valence-electron chi connectivity index (χ1n) is 9.44. The van der Waals surface area contributed by atoms with Crippen LogP contribution in [-0.4, -0.2) is 34.4 Å². The summed E-state index contributed by atoms with van der Waals surface area (Å²) in [5, 5.41) is 14.3. The van der Waals surface area contributed by atoms with Gasteiger partial charge in [-0.1, -0.05) is 54.5 Å². The Morgan fingerprint density at radius 1 is 1.18 bits per heavy atom. The summed E-state index contributed by atoms with van der Waals surface area (Å²) in [5.74, 6) is 0.792. The highest BCUT2D eigenvalue weighted by Gasteiger charge is 2.22. The van der Waals surface area contributed by atoms with Crippen molar-refractivity contribution in [1.29, 1.82) is 0 Å². The number of nitrogens with zero attached hydrogens (tertiary/aromatic N) is 2. The Morgan fingerprint density at radius 3 is 2.75 bits per heavy atom. The van der Waals surface area contributed by atoms with Gasteiger partial charge in [0, 0.05) is 5.92 Å². The zero-order valence-electron chi connectivity index (χ0n) is 15.8. The van der Waals surface area contributed by atoms with Crippen molar-refractivity contribution in [3.63, 3.8) is 0 Å². The van der Waals surface area contributed by atoms with E-state index in [2.05, 4.69) is 20.8 Å². The van der Waals surface area contributed by atoms with E-state index in [0.717, 1.165) is 25.7 Å². The lowest BCUT2D eigenvalue weighted by atomic mass is 9.89. The summed E-state index contributed by atoms with van der Waals surface area (Å²) in [6.45, 7) is 2.43. The third kappa shape index (κ3) is 5.93. The second-order valence-corrected chi connectivity index (χ2v) is 8.66. The molecule has 0 radical (unpaired) electrons. The van der Waals surface area contributed by atoms with Crippen LogP contribution in [-0.2, 0) is 9.59 Å². The highest BCUT2D eigenvalue weighted by Crippen LogP contribution is 2.29. The highest BCUT2D eigenvalue weighted by atomic mass is 32.2. The zero-order chi connectivity index (χ0) is 19.8. The maximum Gasteiger partial charge on any atom is 0.234 e. The van der Waals surface area contributed by atoms with Crippen molar-refractivity contribution in [2.24, 2.45) is 5.92 Å². The molecule has 1 aromatic heterocycles. The van der Waals surface area contributed by atoms with Crippen LogP contribution in [0.5, 0.6) is 5.75 Å². The fourth-order valence-corrected chi connectivity index (χ4v) is 4.61. The van der Waals surface area contributed by atoms with E-state index < -0.39 is 0 Å². The van der Waals surface area contributed by atoms with Crippen molar-refractivity contribution < 1.29 is 14.3 Å². The minimum Gasteiger partial charge on any atom is -0.492 e. The van der Waals surface area contributed by atoms with Gasteiger partial charge in [0.25, 0.3) is 0 Å². The molecule has 1 heterocycles. The number of amides is 2. The van der Waals surface area contributed by atoms with Gasteiger partial charge in [0.2, 0.25) is 16.9 Å². The second kappa shape index (κ2) is 10.4. The number of carbonyl (C=O) groups is 2. The molecule has 0 unspecified atom stereocenters. The van der Waals surface area contributed by atoms with E-state index in [1.165, 1.54) is 29.5 Å². The second-order valence-electron chi connectivity index (χ2n) is 6.46. The number of ether oxygens (including phenoxy) is 1. The first-order chi connectivity index (χ1) is 13.7. The standard InChI is InChI=1S/C19H24N4O3S2/c1-2-26-15-11-7-6-10-14(15)20-16(24)12-27-19-23-22-18(28-19)21-17(25)13-8-4-3-5-9-13/h6-7,10-11,13H,2-5,8-9,12H2,1H3,(H,20,24)(H,21,22,25). The van der Waals surface area contributed by atoms with E-state index in [-0.39, 0.29) is 23.5 Å². The predicted octanol–water partition coefficient (Wildman–Crippen LogP) is 4.19. The number of carbonyl (C=O) groups excluding carboxylic acids is 2. The average molecular weight is 421 g/mol. The number of rotatable bonds is 8. The summed E-state index contributed by atoms with van der Waals surface area (Å²) in [6, 6.07) is 7.33. The maximum absolute atomic E-state index is 12.3. The van der Waals surface area contributed by atoms with Crippen LogP contribution in [0.25, 0.3) is 0 Å². The van der Waals surface area contributed by atoms with Crippen molar-refractivity contribution in [1.82, 2.24) is 10.2 Å². The van der Waals surface area contributed by atoms with Gasteiger partial charge in [0.05, 0.1) is 18.0 Å². The first kappa shape index (κ1) is 20.6. The molecule has 2 aromatic rings. The van der Waals surface area contributed by atoms with Gasteiger partial charge in [0.1, 0.15) is 5.75 Å². The lowest BCUT2D eigenvalue weighted by Gasteiger charge is -2.19. The van der Waals surface area contributed by atoms with Crippen LogP contribution >= 0.6 is 23.1 Å². The summed E-state index contributed by atoms with van der Waals surface area (Å²) >= 11 is 2.58. The zero-order valence-corrected chi connectivity index (χ0v) is 17.4. The van der Waals surface area contributed by atoms with Gasteiger partial charge in [-0.3, -0.25) is 9.59 Å². The Labute approximate surface area is 172 Å². The van der Waals surface area contributed by atoms with Crippen LogP contribution < -0.4 is 15.4 Å². The molecule has 7 nitrogen and oxygen atoms in total. The number of thioether (sulfide) groups is 1. The molecular weight excluding hydrogens is 396 g/mol. The number of hydrogen-bond donors (Lipinski definition) is 2. The largest absolute Gasteiger partial charge is 0.492 e. The van der Waals surface area contributed by atoms with Gasteiger partial charge < -0.3 is 15.4 Å². The molecule has 1 saturated carbocycles. The van der Waals surface area contributed by atoms with E-state index >= 15 is 0 Å². The number of hydrogen-bond acceptors (Lipinski definition) is 7. The SMILES string of the molecule is CCOc1ccccc1NC(=O)CSc1nnc(NC(=O)C2CCCCC2)s1. The summed E-state index contributed by atoms with van der Waals surface area (Å²) in [7, 11) is 0. The van der Waals surface area contributed by atoms with Crippen molar-refractivity contribution >= 4 is 45.7 Å². The number of benzene rings is 1. The van der Waals surface area contributed by atoms with E-state index in [9.17, 15) is 9.59 Å². The Morgan fingerprint density at radius 2 is 1.96 bits per heavy atom. The third-order valence-electron chi connectivity index (χ3n) is 4.40. The third-order valence-corrected chi connectivity index (χ3v) is 6.37. The molecule has 2 N–H and O–H groups in total. The molecule has 0 atom stereocenters. The molecule has 28 heavy (non-hydrogen) atoms. The summed E-state index contributed by atoms with van der Waals surface area (Å²) in [5.41, 5.74) is 0.646. The minimum absolute atomic E-state index is 0.0256. The molecule has 0 aliphatic heterocycles. The quantitative estimate of drug-likeness (QED) is 0.491. The van der Waals surface area contributed by atoms with E-state index in [0.29, 0.717) is 27.5 Å². The summed E-state index contributed by atoms with van der Waals surface area (Å²) in [6.07, 6.45) is 5.31. The number of nitrogens with one attached hydrogen (secondary N) is 2. The van der Waals surface area contributed by atoms with Gasteiger partial charge in [-0.25, -0.2) is 0 Å². The van der Waals surface area contributed by atoms with Crippen molar-refractivity contribution in [3.05, 3.63) is 24.3 Å². The first-order valence-corrected chi connectivity index (χ1v) is 11.2. The van der Waals surface area contributed by atoms with Crippen molar-refractivity contribution in [3.8, 4) is 5.75 Å². The van der Waals surface area contributed by atoms with Crippen LogP contribution in [0.1, 0.15) is 39.0 Å². The number of aromatic nitrogens is 2. The van der Waals surface area contributed by atoms with Gasteiger partial charge in [-0.2, -0.15) is 0 Å². The Hall–Kier alpha value is -2.13. The van der Waals surface area contributed by atoms with Gasteiger partial charge >= 0.3 is 0 Å². The van der Waals surface area contributed by atoms with Crippen LogP contribution in [0, 0.1) is 5.92 Å². The Bertz CT molecular complexity index is 806. The van der Waals surface area contributed by atoms with Gasteiger partial charge in [-0.05, 0) is 31.9 Å². The molecule has 3 rings (SSSR count). The van der Waals surface area contributed by atoms with Crippen LogP contribution in [0.4, 0.5) is 10.8 Å². The monoisotopic (exact) mass is 420 g/mol. The van der Waals surface area contributed by atoms with E-state index in [4.69, 9.17) is 4.74 Å². The number of para-hydroxylation sites is 2. The highest BCUT2D eigenvalue weighted by molar-refractivity contribution is 8.01. The number of anilines is 2. The van der Waals surface area contributed by atoms with Crippen LogP contribution in [0.3, 0.4) is 0 Å². The molecule has 1 aliphatic rings. The summed E-state index contributed by atoms with van der Waals surface area (Å²) < 4.78 is 6.15. The molecular formula is C19H24N4O3S2. The molecule has 150 valence electrons. The van der Waals surface area contributed by atoms with Crippen LogP contribution in [0.2, 0.25) is 0 Å². The normalized spacial score (nSPS) is 14.5. The van der Waals surface area contributed by atoms with Crippen molar-refractivity contribution in [2.75, 3.05) is 23.0 Å². The molecule has 1 aromatic carbocycles. The average Bonchev–Trinajstić information content (AvgIpc) is 3.16. The predicted molar refractivity (Wildman–Crippen MR) is 112 cm³/mol. The van der Waals surface area contributed by atoms with Crippen molar-refractivity contribution in [2.45, 2.75) is 43.4 Å². The Kier molecular flexibility index (Phi) is 7.67. The van der Waals surface area contributed by atoms with E-state index in [1.54, 1.807) is 6.07 Å². The molecule has 1 aliphatic carbocycles. The van der Waals surface area contributed by atoms with Crippen LogP contribution in [0.15, 0.2) is 28.6 Å². The lowest BCUT2D eigenvalue weighted by Crippen LogP contribution is -2.24. The molecule has 0 bridgehead atoms. The fraction of sp³-hybridized carbons (Fsp3) is 0.474. The minimum atomic E-state index is -0.153. The molecule has 0 saturated heterocycles.